The summed E-state index contributed by atoms with van der Waals surface area (Å²) in [6.45, 7) is 1.97. The Balaban J connectivity index is 1.78. The minimum absolute atomic E-state index is 0.135. The van der Waals surface area contributed by atoms with Crippen molar-refractivity contribution in [1.82, 2.24) is 10.6 Å². The van der Waals surface area contributed by atoms with E-state index in [1.54, 1.807) is 43.3 Å². The van der Waals surface area contributed by atoms with E-state index in [0.29, 0.717) is 38.1 Å². The molecule has 2 unspecified atom stereocenters. The molecule has 1 aromatic heterocycles. The standard InChI is InChI=1S/C24H22ClN4O4P/c1-15-9-17(13-26)11-19(10-15)34(32,33-2)23-20-12-18(25)3-4-21(20)28-22(23)24(30)27-14-16-5-7-29(31)8-6-16/h3-11,20,28H,12,14H2,1-2H3,(H,27,30). The average Bonchev–Trinajstić information content (AvgIpc) is 3.21. The van der Waals surface area contributed by atoms with Crippen LogP contribution in [-0.4, -0.2) is 13.0 Å². The lowest BCUT2D eigenvalue weighted by atomic mass is 9.98. The number of hydrogen-bond acceptors (Lipinski definition) is 6. The number of halogens is 1. The first-order valence-electron chi connectivity index (χ1n) is 10.5. The predicted molar refractivity (Wildman–Crippen MR) is 128 cm³/mol. The Morgan fingerprint density at radius 1 is 1.35 bits per heavy atom. The number of allylic oxidation sites excluding steroid dienone is 4. The molecule has 2 N–H and O–H groups in total. The van der Waals surface area contributed by atoms with E-state index in [-0.39, 0.29) is 12.2 Å². The maximum absolute atomic E-state index is 14.5. The highest BCUT2D eigenvalue weighted by Crippen LogP contribution is 2.61. The van der Waals surface area contributed by atoms with E-state index in [1.165, 1.54) is 25.6 Å². The van der Waals surface area contributed by atoms with Crippen LogP contribution in [0.15, 0.2) is 76.6 Å². The summed E-state index contributed by atoms with van der Waals surface area (Å²) in [6, 6.07) is 10.2. The van der Waals surface area contributed by atoms with Crippen LogP contribution in [0.25, 0.3) is 0 Å². The molecule has 0 fully saturated rings. The lowest BCUT2D eigenvalue weighted by molar-refractivity contribution is -0.605. The third-order valence-electron chi connectivity index (χ3n) is 5.73. The maximum atomic E-state index is 14.5. The van der Waals surface area contributed by atoms with Crippen molar-refractivity contribution in [2.75, 3.05) is 7.11 Å². The summed E-state index contributed by atoms with van der Waals surface area (Å²) < 4.78 is 20.8. The number of benzene rings is 1. The van der Waals surface area contributed by atoms with Crippen LogP contribution in [0.4, 0.5) is 0 Å². The van der Waals surface area contributed by atoms with E-state index in [2.05, 4.69) is 16.7 Å². The Morgan fingerprint density at radius 3 is 2.76 bits per heavy atom. The van der Waals surface area contributed by atoms with Crippen molar-refractivity contribution in [3.05, 3.63) is 98.5 Å². The van der Waals surface area contributed by atoms with E-state index in [4.69, 9.17) is 16.1 Å². The number of fused-ring (bicyclic) bond motifs is 1. The van der Waals surface area contributed by atoms with Gasteiger partial charge in [0.1, 0.15) is 5.70 Å². The number of nitriles is 1. The second-order valence-corrected chi connectivity index (χ2v) is 11.0. The summed E-state index contributed by atoms with van der Waals surface area (Å²) in [5.74, 6) is -0.906. The molecule has 2 heterocycles. The minimum atomic E-state index is -3.76. The first-order valence-corrected chi connectivity index (χ1v) is 12.5. The van der Waals surface area contributed by atoms with Crippen molar-refractivity contribution < 1.29 is 18.6 Å². The largest absolute Gasteiger partial charge is 0.619 e. The van der Waals surface area contributed by atoms with E-state index in [0.717, 1.165) is 11.1 Å². The minimum Gasteiger partial charge on any atom is -0.619 e. The second kappa shape index (κ2) is 9.47. The Hall–Kier alpha value is -3.37. The fourth-order valence-corrected chi connectivity index (χ4v) is 6.80. The van der Waals surface area contributed by atoms with Crippen LogP contribution in [0.3, 0.4) is 0 Å². The van der Waals surface area contributed by atoms with Gasteiger partial charge >= 0.3 is 0 Å². The fraction of sp³-hybridized carbons (Fsp3) is 0.208. The molecule has 174 valence electrons. The average molecular weight is 497 g/mol. The van der Waals surface area contributed by atoms with E-state index in [1.807, 2.05) is 0 Å². The fourth-order valence-electron chi connectivity index (χ4n) is 4.12. The number of carbonyl (C=O) groups is 1. The highest BCUT2D eigenvalue weighted by atomic mass is 35.5. The van der Waals surface area contributed by atoms with Gasteiger partial charge in [-0.25, -0.2) is 0 Å². The molecule has 34 heavy (non-hydrogen) atoms. The number of carbonyl (C=O) groups excluding carboxylic acids is 1. The first-order chi connectivity index (χ1) is 16.2. The third kappa shape index (κ3) is 4.51. The molecular weight excluding hydrogens is 475 g/mol. The molecule has 2 atom stereocenters. The van der Waals surface area contributed by atoms with Crippen molar-refractivity contribution in [2.45, 2.75) is 19.9 Å². The third-order valence-corrected chi connectivity index (χ3v) is 8.63. The Labute approximate surface area is 202 Å². The zero-order chi connectivity index (χ0) is 24.5. The normalized spacial score (nSPS) is 18.7. The van der Waals surface area contributed by atoms with E-state index >= 15 is 0 Å². The summed E-state index contributed by atoms with van der Waals surface area (Å²) in [7, 11) is -2.43. The Kier molecular flexibility index (Phi) is 6.63. The van der Waals surface area contributed by atoms with Gasteiger partial charge in [0.05, 0.1) is 16.9 Å². The lowest BCUT2D eigenvalue weighted by Crippen LogP contribution is -2.30. The van der Waals surface area contributed by atoms with E-state index in [9.17, 15) is 19.8 Å². The zero-order valence-corrected chi connectivity index (χ0v) is 20.2. The number of pyridine rings is 1. The number of amides is 1. The topological polar surface area (TPSA) is 118 Å². The van der Waals surface area contributed by atoms with Crippen molar-refractivity contribution in [3.63, 3.8) is 0 Å². The summed E-state index contributed by atoms with van der Waals surface area (Å²) in [5.41, 5.74) is 2.66. The van der Waals surface area contributed by atoms with E-state index < -0.39 is 19.2 Å². The summed E-state index contributed by atoms with van der Waals surface area (Å²) in [6.07, 6.45) is 6.55. The van der Waals surface area contributed by atoms with Gasteiger partial charge in [0.15, 0.2) is 12.4 Å². The van der Waals surface area contributed by atoms with Crippen LogP contribution >= 0.6 is 19.0 Å². The van der Waals surface area contributed by atoms with Gasteiger partial charge in [-0.1, -0.05) is 11.6 Å². The van der Waals surface area contributed by atoms with Crippen LogP contribution in [0.1, 0.15) is 23.1 Å². The Morgan fingerprint density at radius 2 is 2.09 bits per heavy atom. The van der Waals surface area contributed by atoms with Gasteiger partial charge in [-0.2, -0.15) is 9.99 Å². The van der Waals surface area contributed by atoms with Crippen LogP contribution in [-0.2, 0) is 20.4 Å². The number of nitrogens with one attached hydrogen (secondary N) is 2. The highest BCUT2D eigenvalue weighted by Gasteiger charge is 2.46. The number of aromatic nitrogens is 1. The molecule has 1 amide bonds. The molecule has 8 nitrogen and oxygen atoms in total. The molecule has 2 aromatic rings. The SMILES string of the molecule is COP(=O)(C1=C(C(=O)NCc2cc[n+]([O-])cc2)NC2=CC=C(Cl)CC21)c1cc(C)cc(C#N)c1. The molecule has 0 saturated carbocycles. The highest BCUT2D eigenvalue weighted by molar-refractivity contribution is 7.71. The van der Waals surface area contributed by atoms with Crippen molar-refractivity contribution >= 4 is 30.2 Å². The molecule has 10 heteroatoms. The molecular formula is C24H22ClN4O4P. The maximum Gasteiger partial charge on any atom is 0.268 e. The first kappa shape index (κ1) is 23.8. The van der Waals surface area contributed by atoms with Crippen LogP contribution in [0.5, 0.6) is 0 Å². The van der Waals surface area contributed by atoms with Crippen LogP contribution in [0, 0.1) is 29.4 Å². The van der Waals surface area contributed by atoms with Crippen LogP contribution < -0.4 is 20.7 Å². The van der Waals surface area contributed by atoms with Gasteiger partial charge in [-0.3, -0.25) is 9.36 Å². The lowest BCUT2D eigenvalue weighted by Gasteiger charge is -2.25. The second-order valence-electron chi connectivity index (χ2n) is 8.03. The molecule has 0 radical (unpaired) electrons. The van der Waals surface area contributed by atoms with Gasteiger partial charge < -0.3 is 20.4 Å². The number of aryl methyl sites for hydroxylation is 1. The summed E-state index contributed by atoms with van der Waals surface area (Å²) in [5, 5.41) is 27.8. The monoisotopic (exact) mass is 496 g/mol. The van der Waals surface area contributed by atoms with Gasteiger partial charge in [-0.05, 0) is 54.8 Å². The molecule has 1 aliphatic carbocycles. The number of hydrogen-bond donors (Lipinski definition) is 2. The van der Waals surface area contributed by atoms with Gasteiger partial charge in [0.25, 0.3) is 13.3 Å². The number of rotatable bonds is 6. The molecule has 0 saturated heterocycles. The zero-order valence-electron chi connectivity index (χ0n) is 18.5. The quantitative estimate of drug-likeness (QED) is 0.360. The Bertz CT molecular complexity index is 1340. The van der Waals surface area contributed by atoms with Crippen molar-refractivity contribution in [3.8, 4) is 6.07 Å². The summed E-state index contributed by atoms with van der Waals surface area (Å²) in [4.78, 5) is 13.3. The van der Waals surface area contributed by atoms with Crippen LogP contribution in [0.2, 0.25) is 0 Å². The molecule has 1 aliphatic heterocycles. The van der Waals surface area contributed by atoms with Gasteiger partial charge in [0.2, 0.25) is 0 Å². The van der Waals surface area contributed by atoms with Crippen molar-refractivity contribution in [2.24, 2.45) is 5.92 Å². The van der Waals surface area contributed by atoms with Gasteiger partial charge in [0, 0.05) is 47.7 Å². The molecule has 4 rings (SSSR count). The number of nitrogens with zero attached hydrogens (tertiary/aromatic N) is 2. The van der Waals surface area contributed by atoms with Gasteiger partial charge in [-0.15, -0.1) is 0 Å². The summed E-state index contributed by atoms with van der Waals surface area (Å²) >= 11 is 6.31. The molecule has 0 spiro atoms. The predicted octanol–water partition coefficient (Wildman–Crippen LogP) is 3.21. The molecule has 2 aliphatic rings. The molecule has 0 bridgehead atoms. The molecule has 1 aromatic carbocycles. The van der Waals surface area contributed by atoms with Crippen molar-refractivity contribution in [1.29, 1.82) is 5.26 Å². The smallest absolute Gasteiger partial charge is 0.268 e.